The van der Waals surface area contributed by atoms with Gasteiger partial charge in [0.1, 0.15) is 6.10 Å². The van der Waals surface area contributed by atoms with Gasteiger partial charge in [-0.15, -0.1) is 0 Å². The zero-order chi connectivity index (χ0) is 14.3. The molecule has 1 aliphatic carbocycles. The molecule has 1 atom stereocenters. The van der Waals surface area contributed by atoms with Crippen LogP contribution >= 0.6 is 0 Å². The second-order valence-electron chi connectivity index (χ2n) is 6.73. The number of aryl methyl sites for hydroxylation is 1. The fourth-order valence-electron chi connectivity index (χ4n) is 3.04. The molecule has 0 bridgehead atoms. The van der Waals surface area contributed by atoms with Crippen LogP contribution in [0.4, 0.5) is 0 Å². The molecule has 1 aliphatic rings. The summed E-state index contributed by atoms with van der Waals surface area (Å²) in [6, 6.07) is 2.38. The lowest BCUT2D eigenvalue weighted by Crippen LogP contribution is -2.26. The Hall–Kier alpha value is -1.34. The molecule has 0 aliphatic heterocycles. The Kier molecular flexibility index (Phi) is 3.44. The van der Waals surface area contributed by atoms with E-state index in [1.165, 1.54) is 0 Å². The smallest absolute Gasteiger partial charge is 0.101 e. The second kappa shape index (κ2) is 4.64. The number of hydrogen-bond donors (Lipinski definition) is 1. The molecule has 1 heterocycles. The first-order chi connectivity index (χ1) is 8.80. The minimum atomic E-state index is -0.733. The summed E-state index contributed by atoms with van der Waals surface area (Å²) in [7, 11) is 1.86. The van der Waals surface area contributed by atoms with Gasteiger partial charge in [0.15, 0.2) is 0 Å². The van der Waals surface area contributed by atoms with Crippen LogP contribution in [-0.4, -0.2) is 14.9 Å². The third kappa shape index (κ3) is 2.40. The summed E-state index contributed by atoms with van der Waals surface area (Å²) < 4.78 is 1.74. The largest absolute Gasteiger partial charge is 0.387 e. The van der Waals surface area contributed by atoms with Crippen molar-refractivity contribution in [3.8, 4) is 6.07 Å². The van der Waals surface area contributed by atoms with Crippen molar-refractivity contribution in [1.82, 2.24) is 9.78 Å². The number of aliphatic hydroxyl groups is 1. The van der Waals surface area contributed by atoms with Gasteiger partial charge in [0.25, 0.3) is 0 Å². The molecule has 1 aromatic heterocycles. The van der Waals surface area contributed by atoms with E-state index in [0.29, 0.717) is 0 Å². The topological polar surface area (TPSA) is 61.8 Å². The zero-order valence-corrected chi connectivity index (χ0v) is 12.3. The molecule has 2 rings (SSSR count). The minimum absolute atomic E-state index is 0.132. The molecule has 1 fully saturated rings. The summed E-state index contributed by atoms with van der Waals surface area (Å²) in [6.45, 7) is 6.25. The lowest BCUT2D eigenvalue weighted by atomic mass is 9.76. The molecule has 0 amide bonds. The first-order valence-corrected chi connectivity index (χ1v) is 6.93. The predicted octanol–water partition coefficient (Wildman–Crippen LogP) is 2.83. The highest BCUT2D eigenvalue weighted by Crippen LogP contribution is 2.48. The van der Waals surface area contributed by atoms with Crippen LogP contribution in [0.5, 0.6) is 0 Å². The summed E-state index contributed by atoms with van der Waals surface area (Å²) in [5.74, 6) is 0. The predicted molar refractivity (Wildman–Crippen MR) is 73.4 cm³/mol. The number of nitrogens with zero attached hydrogens (tertiary/aromatic N) is 3. The van der Waals surface area contributed by atoms with E-state index in [2.05, 4.69) is 31.9 Å². The van der Waals surface area contributed by atoms with E-state index in [4.69, 9.17) is 0 Å². The average Bonchev–Trinajstić information content (AvgIpc) is 2.94. The van der Waals surface area contributed by atoms with E-state index in [1.54, 1.807) is 4.68 Å². The molecular formula is C15H23N3O. The van der Waals surface area contributed by atoms with Gasteiger partial charge in [0.05, 0.1) is 17.2 Å². The molecule has 1 N–H and O–H groups in total. The third-order valence-corrected chi connectivity index (χ3v) is 4.10. The zero-order valence-electron chi connectivity index (χ0n) is 12.3. The van der Waals surface area contributed by atoms with E-state index in [0.717, 1.165) is 36.9 Å². The van der Waals surface area contributed by atoms with Crippen LogP contribution in [0.2, 0.25) is 0 Å². The Bertz CT molecular complexity index is 498. The Balaban J connectivity index is 2.45. The van der Waals surface area contributed by atoms with Crippen molar-refractivity contribution in [3.63, 3.8) is 0 Å². The Morgan fingerprint density at radius 1 is 1.42 bits per heavy atom. The van der Waals surface area contributed by atoms with Gasteiger partial charge >= 0.3 is 0 Å². The Labute approximate surface area is 115 Å². The SMILES string of the molecule is Cn1cc(C(O)C2(C#N)CCCC2)c(C(C)(C)C)n1. The van der Waals surface area contributed by atoms with Crippen LogP contribution in [-0.2, 0) is 12.5 Å². The van der Waals surface area contributed by atoms with Crippen LogP contribution in [0.25, 0.3) is 0 Å². The fourth-order valence-corrected chi connectivity index (χ4v) is 3.04. The highest BCUT2D eigenvalue weighted by Gasteiger charge is 2.44. The van der Waals surface area contributed by atoms with E-state index < -0.39 is 11.5 Å². The van der Waals surface area contributed by atoms with Crippen molar-refractivity contribution in [2.24, 2.45) is 12.5 Å². The lowest BCUT2D eigenvalue weighted by Gasteiger charge is -2.29. The van der Waals surface area contributed by atoms with Crippen molar-refractivity contribution in [1.29, 1.82) is 5.26 Å². The van der Waals surface area contributed by atoms with Gasteiger partial charge in [-0.05, 0) is 12.8 Å². The average molecular weight is 261 g/mol. The molecule has 4 heteroatoms. The summed E-state index contributed by atoms with van der Waals surface area (Å²) in [5.41, 5.74) is 0.957. The molecule has 1 aromatic rings. The standard InChI is InChI=1S/C15H23N3O/c1-14(2,3)12-11(9-18(4)17-12)13(19)15(10-16)7-5-6-8-15/h9,13,19H,5-8H2,1-4H3. The lowest BCUT2D eigenvalue weighted by molar-refractivity contribution is 0.0655. The van der Waals surface area contributed by atoms with Crippen molar-refractivity contribution in [2.75, 3.05) is 0 Å². The van der Waals surface area contributed by atoms with Gasteiger partial charge in [-0.2, -0.15) is 10.4 Å². The van der Waals surface area contributed by atoms with E-state index in [9.17, 15) is 10.4 Å². The van der Waals surface area contributed by atoms with Gasteiger partial charge in [-0.25, -0.2) is 0 Å². The van der Waals surface area contributed by atoms with Gasteiger partial charge < -0.3 is 5.11 Å². The van der Waals surface area contributed by atoms with Crippen LogP contribution in [0.3, 0.4) is 0 Å². The maximum absolute atomic E-state index is 10.8. The number of aliphatic hydroxyl groups excluding tert-OH is 1. The van der Waals surface area contributed by atoms with Crippen LogP contribution in [0.15, 0.2) is 6.20 Å². The number of aromatic nitrogens is 2. The summed E-state index contributed by atoms with van der Waals surface area (Å²) in [4.78, 5) is 0. The van der Waals surface area contributed by atoms with E-state index in [-0.39, 0.29) is 5.41 Å². The summed E-state index contributed by atoms with van der Waals surface area (Å²) in [6.07, 6.45) is 4.74. The molecule has 0 saturated heterocycles. The Morgan fingerprint density at radius 3 is 2.47 bits per heavy atom. The summed E-state index contributed by atoms with van der Waals surface area (Å²) in [5, 5.41) is 24.8. The van der Waals surface area contributed by atoms with Gasteiger partial charge in [0, 0.05) is 24.2 Å². The molecule has 0 aromatic carbocycles. The van der Waals surface area contributed by atoms with Crippen LogP contribution in [0.1, 0.15) is 63.8 Å². The molecule has 4 nitrogen and oxygen atoms in total. The first-order valence-electron chi connectivity index (χ1n) is 6.93. The third-order valence-electron chi connectivity index (χ3n) is 4.10. The quantitative estimate of drug-likeness (QED) is 0.890. The molecule has 19 heavy (non-hydrogen) atoms. The van der Waals surface area contributed by atoms with Crippen molar-refractivity contribution >= 4 is 0 Å². The van der Waals surface area contributed by atoms with Crippen LogP contribution < -0.4 is 0 Å². The van der Waals surface area contributed by atoms with Gasteiger partial charge in [-0.3, -0.25) is 4.68 Å². The van der Waals surface area contributed by atoms with Gasteiger partial charge in [-0.1, -0.05) is 33.6 Å². The molecule has 0 radical (unpaired) electrons. The maximum atomic E-state index is 10.8. The molecule has 104 valence electrons. The molecule has 1 unspecified atom stereocenters. The Morgan fingerprint density at radius 2 is 2.00 bits per heavy atom. The second-order valence-corrected chi connectivity index (χ2v) is 6.73. The molecular weight excluding hydrogens is 238 g/mol. The van der Waals surface area contributed by atoms with E-state index in [1.807, 2.05) is 13.2 Å². The highest BCUT2D eigenvalue weighted by molar-refractivity contribution is 5.30. The fraction of sp³-hybridized carbons (Fsp3) is 0.733. The number of rotatable bonds is 2. The van der Waals surface area contributed by atoms with E-state index >= 15 is 0 Å². The highest BCUT2D eigenvalue weighted by atomic mass is 16.3. The molecule has 0 spiro atoms. The minimum Gasteiger partial charge on any atom is -0.387 e. The number of hydrogen-bond acceptors (Lipinski definition) is 3. The van der Waals surface area contributed by atoms with Crippen molar-refractivity contribution in [3.05, 3.63) is 17.5 Å². The summed E-state index contributed by atoms with van der Waals surface area (Å²) >= 11 is 0. The van der Waals surface area contributed by atoms with Crippen molar-refractivity contribution < 1.29 is 5.11 Å². The maximum Gasteiger partial charge on any atom is 0.101 e. The van der Waals surface area contributed by atoms with Crippen molar-refractivity contribution in [2.45, 2.75) is 58.0 Å². The first kappa shape index (κ1) is 14.1. The monoisotopic (exact) mass is 261 g/mol. The van der Waals surface area contributed by atoms with Gasteiger partial charge in [0.2, 0.25) is 0 Å². The number of nitriles is 1. The normalized spacial score (nSPS) is 20.2. The molecule has 1 saturated carbocycles. The van der Waals surface area contributed by atoms with Crippen LogP contribution in [0, 0.1) is 16.7 Å².